The molecule has 0 heterocycles. The number of benzene rings is 1. The van der Waals surface area contributed by atoms with E-state index in [9.17, 15) is 13.2 Å². The molecule has 0 saturated heterocycles. The largest absolute Gasteiger partial charge is 0.362 e. The highest BCUT2D eigenvalue weighted by Crippen LogP contribution is 2.27. The van der Waals surface area contributed by atoms with Gasteiger partial charge in [-0.25, -0.2) is 18.7 Å². The molecule has 0 unspecified atom stereocenters. The molecule has 17 heavy (non-hydrogen) atoms. The summed E-state index contributed by atoms with van der Waals surface area (Å²) in [6, 6.07) is 3.21. The molecular weight excluding hydrogens is 231 g/mol. The first-order valence-electron chi connectivity index (χ1n) is 4.86. The molecule has 0 amide bonds. The highest BCUT2D eigenvalue weighted by Gasteiger charge is 2.19. The first-order valence-corrected chi connectivity index (χ1v) is 4.86. The predicted octanol–water partition coefficient (Wildman–Crippen LogP) is 3.92. The van der Waals surface area contributed by atoms with Gasteiger partial charge in [0.15, 0.2) is 0 Å². The lowest BCUT2D eigenvalue weighted by Crippen LogP contribution is -2.17. The van der Waals surface area contributed by atoms with E-state index in [1.165, 1.54) is 12.1 Å². The van der Waals surface area contributed by atoms with Crippen LogP contribution in [0.4, 0.5) is 13.2 Å². The van der Waals surface area contributed by atoms with Gasteiger partial charge in [0.1, 0.15) is 11.6 Å². The molecule has 92 valence electrons. The van der Waals surface area contributed by atoms with Crippen LogP contribution >= 0.6 is 0 Å². The van der Waals surface area contributed by atoms with Gasteiger partial charge in [0.2, 0.25) is 0 Å². The van der Waals surface area contributed by atoms with Crippen LogP contribution in [0, 0.1) is 11.3 Å². The average molecular weight is 243 g/mol. The van der Waals surface area contributed by atoms with E-state index in [0.717, 1.165) is 6.07 Å². The standard InChI is InChI=1S/C11H12F3N3/c1-6(16-7(2)17-15)8-4-3-5-9(10(8)12)11(13)14/h3-6,11,15-16H,2H2,1H3/t6-/m1/s1. The van der Waals surface area contributed by atoms with E-state index >= 15 is 0 Å². The Morgan fingerprint density at radius 1 is 1.41 bits per heavy atom. The molecule has 1 aromatic carbocycles. The lowest BCUT2D eigenvalue weighted by atomic mass is 10.0. The van der Waals surface area contributed by atoms with Crippen molar-refractivity contribution < 1.29 is 13.2 Å². The smallest absolute Gasteiger partial charge is 0.266 e. The van der Waals surface area contributed by atoms with Crippen molar-refractivity contribution in [2.45, 2.75) is 19.4 Å². The molecule has 1 aromatic rings. The third kappa shape index (κ3) is 3.05. The van der Waals surface area contributed by atoms with Gasteiger partial charge in [-0.15, -0.1) is 5.11 Å². The fourth-order valence-corrected chi connectivity index (χ4v) is 1.43. The first kappa shape index (κ1) is 13.2. The van der Waals surface area contributed by atoms with Crippen molar-refractivity contribution in [1.82, 2.24) is 5.32 Å². The summed E-state index contributed by atoms with van der Waals surface area (Å²) in [6.07, 6.45) is -2.86. The van der Waals surface area contributed by atoms with Crippen molar-refractivity contribution in [3.05, 3.63) is 47.5 Å². The monoisotopic (exact) mass is 243 g/mol. The lowest BCUT2D eigenvalue weighted by molar-refractivity contribution is 0.146. The summed E-state index contributed by atoms with van der Waals surface area (Å²) < 4.78 is 38.6. The van der Waals surface area contributed by atoms with E-state index in [4.69, 9.17) is 5.53 Å². The van der Waals surface area contributed by atoms with Gasteiger partial charge in [-0.2, -0.15) is 0 Å². The average Bonchev–Trinajstić information content (AvgIpc) is 2.28. The third-order valence-electron chi connectivity index (χ3n) is 2.28. The maximum Gasteiger partial charge on any atom is 0.266 e. The molecule has 3 nitrogen and oxygen atoms in total. The topological polar surface area (TPSA) is 48.2 Å². The summed E-state index contributed by atoms with van der Waals surface area (Å²) in [5, 5.41) is 5.63. The Kier molecular flexibility index (Phi) is 4.25. The Hall–Kier alpha value is -1.85. The molecule has 0 bridgehead atoms. The Bertz CT molecular complexity index is 432. The zero-order valence-corrected chi connectivity index (χ0v) is 9.17. The molecule has 1 atom stereocenters. The summed E-state index contributed by atoms with van der Waals surface area (Å²) in [5.41, 5.74) is 6.13. The van der Waals surface area contributed by atoms with Crippen LogP contribution in [-0.2, 0) is 0 Å². The molecule has 1 rings (SSSR count). The number of rotatable bonds is 5. The van der Waals surface area contributed by atoms with Gasteiger partial charge in [-0.1, -0.05) is 24.8 Å². The second-order valence-electron chi connectivity index (χ2n) is 3.48. The van der Waals surface area contributed by atoms with Crippen LogP contribution in [0.1, 0.15) is 30.5 Å². The second-order valence-corrected chi connectivity index (χ2v) is 3.48. The summed E-state index contributed by atoms with van der Waals surface area (Å²) in [7, 11) is 0. The zero-order valence-electron chi connectivity index (χ0n) is 9.17. The molecule has 2 N–H and O–H groups in total. The fourth-order valence-electron chi connectivity index (χ4n) is 1.43. The molecule has 0 radical (unpaired) electrons. The van der Waals surface area contributed by atoms with E-state index in [-0.39, 0.29) is 11.4 Å². The van der Waals surface area contributed by atoms with Crippen molar-refractivity contribution in [2.75, 3.05) is 0 Å². The van der Waals surface area contributed by atoms with E-state index in [1.807, 2.05) is 0 Å². The summed E-state index contributed by atoms with van der Waals surface area (Å²) in [6.45, 7) is 4.96. The van der Waals surface area contributed by atoms with Crippen molar-refractivity contribution >= 4 is 0 Å². The summed E-state index contributed by atoms with van der Waals surface area (Å²) in [5.74, 6) is -0.903. The Morgan fingerprint density at radius 3 is 2.53 bits per heavy atom. The molecule has 0 aliphatic rings. The van der Waals surface area contributed by atoms with Gasteiger partial charge < -0.3 is 5.32 Å². The van der Waals surface area contributed by atoms with Crippen LogP contribution in [0.5, 0.6) is 0 Å². The molecule has 0 fully saturated rings. The number of hydrogen-bond acceptors (Lipinski definition) is 3. The van der Waals surface area contributed by atoms with Crippen LogP contribution in [0.15, 0.2) is 35.7 Å². The maximum atomic E-state index is 13.7. The molecule has 0 aromatic heterocycles. The Balaban J connectivity index is 3.02. The zero-order chi connectivity index (χ0) is 13.0. The van der Waals surface area contributed by atoms with E-state index in [0.29, 0.717) is 0 Å². The van der Waals surface area contributed by atoms with Gasteiger partial charge >= 0.3 is 0 Å². The summed E-state index contributed by atoms with van der Waals surface area (Å²) in [4.78, 5) is 0. The normalized spacial score (nSPS) is 12.3. The minimum absolute atomic E-state index is 0.0411. The lowest BCUT2D eigenvalue weighted by Gasteiger charge is -2.16. The molecule has 0 saturated carbocycles. The van der Waals surface area contributed by atoms with Gasteiger partial charge in [0.25, 0.3) is 6.43 Å². The number of alkyl halides is 2. The van der Waals surface area contributed by atoms with Gasteiger partial charge in [-0.05, 0) is 6.92 Å². The minimum Gasteiger partial charge on any atom is -0.362 e. The van der Waals surface area contributed by atoms with Gasteiger partial charge in [0, 0.05) is 5.56 Å². The van der Waals surface area contributed by atoms with Crippen molar-refractivity contribution in [2.24, 2.45) is 5.11 Å². The molecular formula is C11H12F3N3. The van der Waals surface area contributed by atoms with Crippen molar-refractivity contribution in [1.29, 1.82) is 5.53 Å². The summed E-state index contributed by atoms with van der Waals surface area (Å²) >= 11 is 0. The fraction of sp³-hybridized carbons (Fsp3) is 0.273. The second kappa shape index (κ2) is 5.47. The van der Waals surface area contributed by atoms with Crippen molar-refractivity contribution in [3.63, 3.8) is 0 Å². The number of hydrogen-bond donors (Lipinski definition) is 2. The minimum atomic E-state index is -2.86. The van der Waals surface area contributed by atoms with Crippen LogP contribution in [0.25, 0.3) is 0 Å². The number of nitrogens with one attached hydrogen (secondary N) is 2. The Labute approximate surface area is 96.8 Å². The number of halogens is 3. The van der Waals surface area contributed by atoms with Crippen LogP contribution in [0.2, 0.25) is 0 Å². The maximum absolute atomic E-state index is 13.7. The van der Waals surface area contributed by atoms with Crippen LogP contribution in [-0.4, -0.2) is 0 Å². The molecule has 6 heteroatoms. The molecule has 0 aliphatic carbocycles. The molecule has 0 spiro atoms. The highest BCUT2D eigenvalue weighted by atomic mass is 19.3. The predicted molar refractivity (Wildman–Crippen MR) is 57.2 cm³/mol. The van der Waals surface area contributed by atoms with E-state index in [2.05, 4.69) is 17.0 Å². The van der Waals surface area contributed by atoms with Crippen LogP contribution < -0.4 is 5.32 Å². The Morgan fingerprint density at radius 2 is 2.00 bits per heavy atom. The van der Waals surface area contributed by atoms with E-state index < -0.39 is 23.8 Å². The quantitative estimate of drug-likeness (QED) is 0.756. The third-order valence-corrected chi connectivity index (χ3v) is 2.28. The molecule has 0 aliphatic heterocycles. The number of nitrogens with zero attached hydrogens (tertiary/aromatic N) is 1. The van der Waals surface area contributed by atoms with E-state index in [1.54, 1.807) is 6.92 Å². The van der Waals surface area contributed by atoms with Gasteiger partial charge in [0.05, 0.1) is 11.6 Å². The van der Waals surface area contributed by atoms with Crippen LogP contribution in [0.3, 0.4) is 0 Å². The highest BCUT2D eigenvalue weighted by molar-refractivity contribution is 5.29. The SMILES string of the molecule is C=C(N=N)N[C@H](C)c1cccc(C(F)F)c1F. The van der Waals surface area contributed by atoms with Gasteiger partial charge in [-0.3, -0.25) is 0 Å². The van der Waals surface area contributed by atoms with Crippen molar-refractivity contribution in [3.8, 4) is 0 Å². The first-order chi connectivity index (χ1) is 7.97.